The number of aliphatic hydroxyl groups is 1. The van der Waals surface area contributed by atoms with Crippen molar-refractivity contribution in [3.8, 4) is 0 Å². The lowest BCUT2D eigenvalue weighted by Gasteiger charge is -2.36. The van der Waals surface area contributed by atoms with Crippen molar-refractivity contribution in [3.05, 3.63) is 0 Å². The zero-order valence-electron chi connectivity index (χ0n) is 8.56. The molecule has 0 aromatic carbocycles. The van der Waals surface area contributed by atoms with E-state index in [1.54, 1.807) is 0 Å². The van der Waals surface area contributed by atoms with Gasteiger partial charge in [-0.3, -0.25) is 9.80 Å². The molecule has 2 aliphatic heterocycles. The lowest BCUT2D eigenvalue weighted by molar-refractivity contribution is -0.161. The highest BCUT2D eigenvalue weighted by Gasteiger charge is 2.29. The minimum absolute atomic E-state index is 0.289. The Morgan fingerprint density at radius 2 is 1.71 bits per heavy atom. The van der Waals surface area contributed by atoms with E-state index in [9.17, 15) is 10.2 Å². The fourth-order valence-electron chi connectivity index (χ4n) is 2.38. The molecular weight excluding hydrogens is 180 g/mol. The number of β-amino-alcohol motifs (C(OH)–C–C–N with tert-alkyl or cyclic N) is 1. The van der Waals surface area contributed by atoms with Gasteiger partial charge in [-0.05, 0) is 25.7 Å². The van der Waals surface area contributed by atoms with Crippen LogP contribution in [0, 0.1) is 0 Å². The van der Waals surface area contributed by atoms with Gasteiger partial charge in [0.2, 0.25) is 6.35 Å². The average molecular weight is 199 g/mol. The van der Waals surface area contributed by atoms with Crippen LogP contribution in [0.4, 0.5) is 0 Å². The van der Waals surface area contributed by atoms with Crippen LogP contribution in [-0.4, -0.2) is 53.5 Å². The van der Waals surface area contributed by atoms with Crippen molar-refractivity contribution in [2.75, 3.05) is 26.2 Å². The van der Waals surface area contributed by atoms with Crippen molar-refractivity contribution < 1.29 is 10.2 Å². The van der Waals surface area contributed by atoms with E-state index in [0.717, 1.165) is 45.3 Å². The summed E-state index contributed by atoms with van der Waals surface area (Å²) in [6.07, 6.45) is 3.09. The van der Waals surface area contributed by atoms with Gasteiger partial charge < -0.3 is 5.11 Å². The van der Waals surface area contributed by atoms with Crippen LogP contribution in [0.25, 0.3) is 0 Å². The third-order valence-electron chi connectivity index (χ3n) is 3.19. The fourth-order valence-corrected chi connectivity index (χ4v) is 2.38. The molecule has 0 bridgehead atoms. The first-order valence-electron chi connectivity index (χ1n) is 5.59. The van der Waals surface area contributed by atoms with Crippen molar-refractivity contribution in [1.82, 2.24) is 9.80 Å². The Morgan fingerprint density at radius 3 is 2.36 bits per heavy atom. The zero-order chi connectivity index (χ0) is 9.97. The Hall–Kier alpha value is -0.160. The molecule has 0 aliphatic carbocycles. The second-order valence-electron chi connectivity index (χ2n) is 4.36. The summed E-state index contributed by atoms with van der Waals surface area (Å²) in [5, 5.41) is 21.4. The second-order valence-corrected chi connectivity index (χ2v) is 4.36. The zero-order valence-corrected chi connectivity index (χ0v) is 8.56. The standard InChI is InChI=1S/C10H19N2O2/c13-9-4-3-7-12(8-9)10(14)11-5-1-2-6-11/h9-10,13H,1-8H2. The van der Waals surface area contributed by atoms with E-state index >= 15 is 0 Å². The van der Waals surface area contributed by atoms with Crippen molar-refractivity contribution in [3.63, 3.8) is 0 Å². The van der Waals surface area contributed by atoms with Gasteiger partial charge in [0.05, 0.1) is 6.10 Å². The van der Waals surface area contributed by atoms with E-state index in [-0.39, 0.29) is 6.10 Å². The Labute approximate surface area is 85.1 Å². The Bertz CT molecular complexity index is 183. The Morgan fingerprint density at radius 1 is 1.07 bits per heavy atom. The van der Waals surface area contributed by atoms with Gasteiger partial charge in [-0.2, -0.15) is 5.11 Å². The summed E-state index contributed by atoms with van der Waals surface area (Å²) in [6, 6.07) is 0. The predicted molar refractivity (Wildman–Crippen MR) is 52.1 cm³/mol. The molecule has 0 spiro atoms. The van der Waals surface area contributed by atoms with Crippen molar-refractivity contribution in [2.45, 2.75) is 38.1 Å². The van der Waals surface area contributed by atoms with E-state index in [1.165, 1.54) is 0 Å². The van der Waals surface area contributed by atoms with Gasteiger partial charge in [0, 0.05) is 26.2 Å². The first kappa shape index (κ1) is 10.4. The first-order chi connectivity index (χ1) is 6.77. The molecule has 0 amide bonds. The lowest BCUT2D eigenvalue weighted by atomic mass is 10.1. The van der Waals surface area contributed by atoms with Gasteiger partial charge in [-0.25, -0.2) is 0 Å². The van der Waals surface area contributed by atoms with Crippen LogP contribution in [0.1, 0.15) is 25.7 Å². The summed E-state index contributed by atoms with van der Waals surface area (Å²) in [5.41, 5.74) is 0. The number of likely N-dealkylation sites (tertiary alicyclic amines) is 2. The monoisotopic (exact) mass is 199 g/mol. The van der Waals surface area contributed by atoms with Crippen LogP contribution in [0.15, 0.2) is 0 Å². The summed E-state index contributed by atoms with van der Waals surface area (Å²) in [5.74, 6) is 0. The van der Waals surface area contributed by atoms with Gasteiger partial charge in [0.1, 0.15) is 0 Å². The molecule has 4 nitrogen and oxygen atoms in total. The number of aliphatic hydroxyl groups excluding tert-OH is 1. The number of piperidine rings is 1. The molecule has 2 atom stereocenters. The molecule has 81 valence electrons. The van der Waals surface area contributed by atoms with E-state index < -0.39 is 6.35 Å². The molecule has 1 radical (unpaired) electrons. The van der Waals surface area contributed by atoms with Crippen LogP contribution >= 0.6 is 0 Å². The maximum absolute atomic E-state index is 12.0. The highest BCUT2D eigenvalue weighted by Crippen LogP contribution is 2.18. The number of rotatable bonds is 2. The Kier molecular flexibility index (Phi) is 3.38. The van der Waals surface area contributed by atoms with Crippen LogP contribution in [0.3, 0.4) is 0 Å². The molecule has 2 saturated heterocycles. The van der Waals surface area contributed by atoms with Gasteiger partial charge in [0.15, 0.2) is 0 Å². The molecule has 2 rings (SSSR count). The van der Waals surface area contributed by atoms with Crippen LogP contribution < -0.4 is 0 Å². The van der Waals surface area contributed by atoms with Crippen LogP contribution in [0.2, 0.25) is 0 Å². The summed E-state index contributed by atoms with van der Waals surface area (Å²) in [6.45, 7) is 3.27. The third kappa shape index (κ3) is 2.25. The number of hydrogen-bond acceptors (Lipinski definition) is 3. The summed E-state index contributed by atoms with van der Waals surface area (Å²) in [7, 11) is 0. The topological polar surface area (TPSA) is 46.6 Å². The number of nitrogens with zero attached hydrogens (tertiary/aromatic N) is 2. The predicted octanol–water partition coefficient (Wildman–Crippen LogP) is 0.253. The molecular formula is C10H19N2O2. The molecule has 0 aromatic heterocycles. The number of hydrogen-bond donors (Lipinski definition) is 1. The van der Waals surface area contributed by atoms with Gasteiger partial charge >= 0.3 is 0 Å². The third-order valence-corrected chi connectivity index (χ3v) is 3.19. The molecule has 2 unspecified atom stereocenters. The smallest absolute Gasteiger partial charge is 0.202 e. The minimum atomic E-state index is -0.715. The average Bonchev–Trinajstić information content (AvgIpc) is 2.69. The van der Waals surface area contributed by atoms with Crippen molar-refractivity contribution in [1.29, 1.82) is 0 Å². The lowest BCUT2D eigenvalue weighted by Crippen LogP contribution is -2.51. The Balaban J connectivity index is 1.86. The van der Waals surface area contributed by atoms with E-state index in [0.29, 0.717) is 6.54 Å². The molecule has 1 N–H and O–H groups in total. The fraction of sp³-hybridized carbons (Fsp3) is 1.00. The van der Waals surface area contributed by atoms with Crippen LogP contribution in [-0.2, 0) is 5.11 Å². The highest BCUT2D eigenvalue weighted by atomic mass is 16.3. The van der Waals surface area contributed by atoms with E-state index in [2.05, 4.69) is 0 Å². The second kappa shape index (κ2) is 4.57. The molecule has 2 fully saturated rings. The summed E-state index contributed by atoms with van der Waals surface area (Å²) >= 11 is 0. The van der Waals surface area contributed by atoms with Gasteiger partial charge in [0.25, 0.3) is 0 Å². The molecule has 0 aromatic rings. The summed E-state index contributed by atoms with van der Waals surface area (Å²) in [4.78, 5) is 3.86. The minimum Gasteiger partial charge on any atom is -0.392 e. The maximum atomic E-state index is 12.0. The summed E-state index contributed by atoms with van der Waals surface area (Å²) < 4.78 is 0. The molecule has 2 aliphatic rings. The first-order valence-corrected chi connectivity index (χ1v) is 5.59. The highest BCUT2D eigenvalue weighted by molar-refractivity contribution is 4.76. The van der Waals surface area contributed by atoms with Gasteiger partial charge in [-0.1, -0.05) is 0 Å². The quantitative estimate of drug-likeness (QED) is 0.693. The largest absolute Gasteiger partial charge is 0.392 e. The molecule has 4 heteroatoms. The normalized spacial score (nSPS) is 33.4. The molecule has 14 heavy (non-hydrogen) atoms. The van der Waals surface area contributed by atoms with Crippen molar-refractivity contribution in [2.24, 2.45) is 0 Å². The van der Waals surface area contributed by atoms with E-state index in [1.807, 2.05) is 9.80 Å². The van der Waals surface area contributed by atoms with Crippen LogP contribution in [0.5, 0.6) is 0 Å². The van der Waals surface area contributed by atoms with Crippen molar-refractivity contribution >= 4 is 0 Å². The molecule has 2 heterocycles. The maximum Gasteiger partial charge on any atom is 0.202 e. The van der Waals surface area contributed by atoms with Gasteiger partial charge in [-0.15, -0.1) is 0 Å². The van der Waals surface area contributed by atoms with E-state index in [4.69, 9.17) is 0 Å². The molecule has 0 saturated carbocycles. The SMILES string of the molecule is [O]C(N1CCCC1)N1CCCC(O)C1.